The number of carboxylic acids is 1. The van der Waals surface area contributed by atoms with Crippen LogP contribution in [0.15, 0.2) is 0 Å². The summed E-state index contributed by atoms with van der Waals surface area (Å²) in [6.45, 7) is 4.90. The van der Waals surface area contributed by atoms with Gasteiger partial charge >= 0.3 is 5.97 Å². The molecule has 0 bridgehead atoms. The van der Waals surface area contributed by atoms with Crippen LogP contribution < -0.4 is 5.32 Å². The Morgan fingerprint density at radius 2 is 2.15 bits per heavy atom. The molecule has 5 heteroatoms. The third kappa shape index (κ3) is 4.37. The topological polar surface area (TPSA) is 58.6 Å². The van der Waals surface area contributed by atoms with Crippen LogP contribution in [-0.4, -0.2) is 46.9 Å². The van der Waals surface area contributed by atoms with Gasteiger partial charge in [-0.1, -0.05) is 13.8 Å². The fourth-order valence-corrected chi connectivity index (χ4v) is 4.49. The Balaban J connectivity index is 1.92. The van der Waals surface area contributed by atoms with E-state index in [0.717, 1.165) is 32.3 Å². The minimum absolute atomic E-state index is 0.0159. The molecule has 2 saturated heterocycles. The van der Waals surface area contributed by atoms with Crippen LogP contribution in [0.5, 0.6) is 0 Å². The van der Waals surface area contributed by atoms with Crippen molar-refractivity contribution in [1.29, 1.82) is 0 Å². The average Bonchev–Trinajstić information content (AvgIpc) is 2.38. The third-order valence-electron chi connectivity index (χ3n) is 4.34. The number of carbonyl (C=O) groups is 1. The molecule has 0 aromatic heterocycles. The summed E-state index contributed by atoms with van der Waals surface area (Å²) in [5.41, 5.74) is 0.0159. The maximum absolute atomic E-state index is 11.4. The summed E-state index contributed by atoms with van der Waals surface area (Å²) in [5, 5.41) is 12.7. The van der Waals surface area contributed by atoms with Gasteiger partial charge in [0.2, 0.25) is 0 Å². The minimum atomic E-state index is -0.724. The molecule has 0 aromatic rings. The normalized spacial score (nSPS) is 27.6. The first kappa shape index (κ1) is 16.1. The van der Waals surface area contributed by atoms with Crippen molar-refractivity contribution in [3.05, 3.63) is 0 Å². The summed E-state index contributed by atoms with van der Waals surface area (Å²) < 4.78 is 6.06. The van der Waals surface area contributed by atoms with Gasteiger partial charge in [-0.25, -0.2) is 0 Å². The summed E-state index contributed by atoms with van der Waals surface area (Å²) in [7, 11) is 0. The zero-order valence-corrected chi connectivity index (χ0v) is 13.4. The van der Waals surface area contributed by atoms with Crippen LogP contribution in [0.1, 0.15) is 46.0 Å². The molecule has 1 spiro atoms. The second kappa shape index (κ2) is 7.14. The number of ether oxygens (including phenoxy) is 1. The number of hydrogen-bond acceptors (Lipinski definition) is 4. The average molecular weight is 301 g/mol. The molecular formula is C15H27NO3S. The van der Waals surface area contributed by atoms with E-state index in [4.69, 9.17) is 4.74 Å². The molecule has 2 rings (SSSR count). The minimum Gasteiger partial charge on any atom is -0.480 e. The maximum atomic E-state index is 11.4. The monoisotopic (exact) mass is 301 g/mol. The van der Waals surface area contributed by atoms with Gasteiger partial charge in [-0.15, -0.1) is 0 Å². The lowest BCUT2D eigenvalue weighted by molar-refractivity contribution is -0.141. The van der Waals surface area contributed by atoms with Crippen LogP contribution in [0.2, 0.25) is 0 Å². The molecule has 0 radical (unpaired) electrons. The second-order valence-corrected chi connectivity index (χ2v) is 7.75. The fourth-order valence-electron chi connectivity index (χ4n) is 3.26. The largest absolute Gasteiger partial charge is 0.480 e. The summed E-state index contributed by atoms with van der Waals surface area (Å²) in [4.78, 5) is 11.4. The van der Waals surface area contributed by atoms with Gasteiger partial charge in [0.25, 0.3) is 0 Å². The van der Waals surface area contributed by atoms with Gasteiger partial charge in [0.05, 0.1) is 5.60 Å². The van der Waals surface area contributed by atoms with Crippen molar-refractivity contribution in [2.24, 2.45) is 5.92 Å². The van der Waals surface area contributed by atoms with Gasteiger partial charge in [-0.2, -0.15) is 11.8 Å². The van der Waals surface area contributed by atoms with Crippen LogP contribution in [0, 0.1) is 5.92 Å². The predicted octanol–water partition coefficient (Wildman–Crippen LogP) is 2.52. The summed E-state index contributed by atoms with van der Waals surface area (Å²) in [5.74, 6) is 2.00. The van der Waals surface area contributed by atoms with Crippen molar-refractivity contribution in [3.8, 4) is 0 Å². The van der Waals surface area contributed by atoms with E-state index in [9.17, 15) is 9.90 Å². The standard InChI is InChI=1S/C15H27NO3S/c1-11(2)9-13(14(17)18)16-12-3-6-19-15(10-12)4-7-20-8-5-15/h11-13,16H,3-10H2,1-2H3,(H,17,18). The van der Waals surface area contributed by atoms with E-state index < -0.39 is 12.0 Å². The van der Waals surface area contributed by atoms with Crippen molar-refractivity contribution in [2.45, 2.75) is 63.6 Å². The van der Waals surface area contributed by atoms with Gasteiger partial charge in [0.15, 0.2) is 0 Å². The number of hydrogen-bond donors (Lipinski definition) is 2. The van der Waals surface area contributed by atoms with Gasteiger partial charge in [-0.3, -0.25) is 4.79 Å². The van der Waals surface area contributed by atoms with Gasteiger partial charge in [0, 0.05) is 12.6 Å². The quantitative estimate of drug-likeness (QED) is 0.817. The lowest BCUT2D eigenvalue weighted by Crippen LogP contribution is -2.52. The number of carboxylic acid groups (broad SMARTS) is 1. The van der Waals surface area contributed by atoms with E-state index in [2.05, 4.69) is 19.2 Å². The Morgan fingerprint density at radius 1 is 1.45 bits per heavy atom. The molecule has 2 aliphatic heterocycles. The van der Waals surface area contributed by atoms with E-state index in [0.29, 0.717) is 12.3 Å². The summed E-state index contributed by atoms with van der Waals surface area (Å²) in [6.07, 6.45) is 4.80. The molecule has 0 saturated carbocycles. The summed E-state index contributed by atoms with van der Waals surface area (Å²) in [6, 6.07) is -0.139. The van der Waals surface area contributed by atoms with Gasteiger partial charge < -0.3 is 15.2 Å². The predicted molar refractivity (Wildman–Crippen MR) is 82.3 cm³/mol. The Hall–Kier alpha value is -0.260. The SMILES string of the molecule is CC(C)CC(NC1CCOC2(CCSCC2)C1)C(=O)O. The number of aliphatic carboxylic acids is 1. The maximum Gasteiger partial charge on any atom is 0.320 e. The van der Waals surface area contributed by atoms with E-state index in [1.54, 1.807) is 0 Å². The molecular weight excluding hydrogens is 274 g/mol. The highest BCUT2D eigenvalue weighted by molar-refractivity contribution is 7.99. The van der Waals surface area contributed by atoms with Crippen LogP contribution >= 0.6 is 11.8 Å². The molecule has 2 atom stereocenters. The third-order valence-corrected chi connectivity index (χ3v) is 5.32. The van der Waals surface area contributed by atoms with Crippen molar-refractivity contribution < 1.29 is 14.6 Å². The molecule has 2 aliphatic rings. The zero-order chi connectivity index (χ0) is 14.6. The second-order valence-electron chi connectivity index (χ2n) is 6.52. The zero-order valence-electron chi connectivity index (χ0n) is 12.6. The smallest absolute Gasteiger partial charge is 0.320 e. The van der Waals surface area contributed by atoms with Gasteiger partial charge in [-0.05, 0) is 49.5 Å². The van der Waals surface area contributed by atoms with Crippen molar-refractivity contribution >= 4 is 17.7 Å². The van der Waals surface area contributed by atoms with Crippen LogP contribution in [0.3, 0.4) is 0 Å². The molecule has 0 amide bonds. The lowest BCUT2D eigenvalue weighted by Gasteiger charge is -2.44. The van der Waals surface area contributed by atoms with E-state index in [1.165, 1.54) is 11.5 Å². The first-order chi connectivity index (χ1) is 9.51. The van der Waals surface area contributed by atoms with Crippen LogP contribution in [-0.2, 0) is 9.53 Å². The van der Waals surface area contributed by atoms with Crippen LogP contribution in [0.25, 0.3) is 0 Å². The van der Waals surface area contributed by atoms with E-state index >= 15 is 0 Å². The van der Waals surface area contributed by atoms with Crippen molar-refractivity contribution in [1.82, 2.24) is 5.32 Å². The molecule has 0 aliphatic carbocycles. The fraction of sp³-hybridized carbons (Fsp3) is 0.933. The van der Waals surface area contributed by atoms with E-state index in [-0.39, 0.29) is 11.6 Å². The highest BCUT2D eigenvalue weighted by Crippen LogP contribution is 2.37. The van der Waals surface area contributed by atoms with Crippen molar-refractivity contribution in [3.63, 3.8) is 0 Å². The molecule has 2 unspecified atom stereocenters. The lowest BCUT2D eigenvalue weighted by atomic mass is 9.85. The van der Waals surface area contributed by atoms with Crippen molar-refractivity contribution in [2.75, 3.05) is 18.1 Å². The molecule has 20 heavy (non-hydrogen) atoms. The molecule has 2 N–H and O–H groups in total. The molecule has 0 aromatic carbocycles. The molecule has 2 fully saturated rings. The Labute approximate surface area is 126 Å². The Kier molecular flexibility index (Phi) is 5.75. The molecule has 116 valence electrons. The molecule has 2 heterocycles. The Bertz CT molecular complexity index is 324. The Morgan fingerprint density at radius 3 is 2.75 bits per heavy atom. The highest BCUT2D eigenvalue weighted by Gasteiger charge is 2.39. The number of thioether (sulfide) groups is 1. The number of nitrogens with one attached hydrogen (secondary N) is 1. The van der Waals surface area contributed by atoms with Crippen LogP contribution in [0.4, 0.5) is 0 Å². The highest BCUT2D eigenvalue weighted by atomic mass is 32.2. The summed E-state index contributed by atoms with van der Waals surface area (Å²) >= 11 is 2.00. The van der Waals surface area contributed by atoms with E-state index in [1.807, 2.05) is 11.8 Å². The first-order valence-electron chi connectivity index (χ1n) is 7.71. The molecule has 4 nitrogen and oxygen atoms in total. The van der Waals surface area contributed by atoms with Gasteiger partial charge in [0.1, 0.15) is 6.04 Å². The first-order valence-corrected chi connectivity index (χ1v) is 8.87. The number of rotatable bonds is 5.